The van der Waals surface area contributed by atoms with E-state index >= 15 is 0 Å². The molecule has 0 saturated carbocycles. The van der Waals surface area contributed by atoms with Crippen LogP contribution >= 0.6 is 0 Å². The fourth-order valence-electron chi connectivity index (χ4n) is 6.68. The van der Waals surface area contributed by atoms with Gasteiger partial charge in [0.25, 0.3) is 0 Å². The maximum atomic E-state index is 14.3. The van der Waals surface area contributed by atoms with Gasteiger partial charge in [0.15, 0.2) is 0 Å². The van der Waals surface area contributed by atoms with Crippen LogP contribution < -0.4 is 4.90 Å². The standard InChI is InChI=1S/C28H30FN5O2/c1-32-14-23-26-21(22-11-17(29)5-6-24(22)32)7-8-30-28(26)31-27(23)16-9-18-3-2-4-19(10-16)34(18)15-25(36)33-12-20(35)13-33/h5-9,11,18-20,35H,2-4,10,12-15H2,1H3,(H,30,31). The van der Waals surface area contributed by atoms with Crippen LogP contribution in [0.2, 0.25) is 0 Å². The Balaban J connectivity index is 1.27. The number of halogens is 1. The first kappa shape index (κ1) is 22.0. The smallest absolute Gasteiger partial charge is 0.236 e. The van der Waals surface area contributed by atoms with Crippen molar-refractivity contribution < 1.29 is 14.3 Å². The predicted octanol–water partition coefficient (Wildman–Crippen LogP) is 3.53. The number of carbonyl (C=O) groups excluding carboxylic acids is 1. The number of piperidine rings is 1. The highest BCUT2D eigenvalue weighted by Crippen LogP contribution is 2.45. The molecule has 2 unspecified atom stereocenters. The first-order chi connectivity index (χ1) is 17.5. The SMILES string of the molecule is CN1Cc2c(C3=CC4CCCC(C3)N4CC(=O)N3CC(O)C3)[nH]c3nccc(c23)-c2cc(F)ccc21. The molecule has 2 aromatic heterocycles. The molecule has 3 aromatic rings. The van der Waals surface area contributed by atoms with Crippen molar-refractivity contribution in [3.8, 4) is 11.1 Å². The van der Waals surface area contributed by atoms with Crippen molar-refractivity contribution in [3.05, 3.63) is 53.6 Å². The van der Waals surface area contributed by atoms with Gasteiger partial charge >= 0.3 is 0 Å². The number of anilines is 1. The van der Waals surface area contributed by atoms with E-state index < -0.39 is 0 Å². The van der Waals surface area contributed by atoms with Gasteiger partial charge in [-0.2, -0.15) is 0 Å². The van der Waals surface area contributed by atoms with Crippen LogP contribution in [0.15, 0.2) is 36.5 Å². The van der Waals surface area contributed by atoms with E-state index in [1.54, 1.807) is 17.2 Å². The van der Waals surface area contributed by atoms with Gasteiger partial charge in [0.1, 0.15) is 11.5 Å². The topological polar surface area (TPSA) is 75.7 Å². The van der Waals surface area contributed by atoms with Crippen molar-refractivity contribution in [2.75, 3.05) is 31.6 Å². The van der Waals surface area contributed by atoms with Crippen molar-refractivity contribution in [1.82, 2.24) is 19.8 Å². The second-order valence-electron chi connectivity index (χ2n) is 10.8. The van der Waals surface area contributed by atoms with E-state index in [0.717, 1.165) is 52.8 Å². The molecule has 8 heteroatoms. The Hall–Kier alpha value is -3.23. The zero-order valence-electron chi connectivity index (χ0n) is 20.4. The van der Waals surface area contributed by atoms with Gasteiger partial charge in [0.05, 0.1) is 12.6 Å². The Bertz CT molecular complexity index is 1410. The minimum absolute atomic E-state index is 0.117. The number of H-pyrrole nitrogens is 1. The number of aliphatic hydroxyl groups is 1. The molecular weight excluding hydrogens is 457 g/mol. The molecule has 2 saturated heterocycles. The number of nitrogens with one attached hydrogen (secondary N) is 1. The summed E-state index contributed by atoms with van der Waals surface area (Å²) in [6.45, 7) is 2.03. The number of fused-ring (bicyclic) bond motifs is 4. The summed E-state index contributed by atoms with van der Waals surface area (Å²) in [6, 6.07) is 7.55. The van der Waals surface area contributed by atoms with Gasteiger partial charge in [-0.1, -0.05) is 12.5 Å². The molecule has 0 spiro atoms. The monoisotopic (exact) mass is 487 g/mol. The van der Waals surface area contributed by atoms with E-state index in [1.165, 1.54) is 23.6 Å². The predicted molar refractivity (Wildman–Crippen MR) is 137 cm³/mol. The fraction of sp³-hybridized carbons (Fsp3) is 0.429. The summed E-state index contributed by atoms with van der Waals surface area (Å²) < 4.78 is 14.3. The number of rotatable bonds is 3. The number of aromatic nitrogens is 2. The second-order valence-corrected chi connectivity index (χ2v) is 10.8. The molecular formula is C28H30FN5O2. The second kappa shape index (κ2) is 8.15. The molecule has 0 radical (unpaired) electrons. The third-order valence-electron chi connectivity index (χ3n) is 8.49. The molecule has 7 nitrogen and oxygen atoms in total. The quantitative estimate of drug-likeness (QED) is 0.591. The van der Waals surface area contributed by atoms with E-state index in [0.29, 0.717) is 32.2 Å². The number of likely N-dealkylation sites (tertiary alicyclic amines) is 1. The highest BCUT2D eigenvalue weighted by Gasteiger charge is 2.39. The van der Waals surface area contributed by atoms with Crippen molar-refractivity contribution in [3.63, 3.8) is 0 Å². The van der Waals surface area contributed by atoms with Crippen LogP contribution in [-0.4, -0.2) is 75.7 Å². The summed E-state index contributed by atoms with van der Waals surface area (Å²) in [7, 11) is 2.06. The maximum absolute atomic E-state index is 14.3. The molecule has 2 fully saturated rings. The molecule has 36 heavy (non-hydrogen) atoms. The zero-order chi connectivity index (χ0) is 24.6. The molecule has 0 aliphatic carbocycles. The van der Waals surface area contributed by atoms with Crippen LogP contribution in [-0.2, 0) is 11.3 Å². The van der Waals surface area contributed by atoms with E-state index in [2.05, 4.69) is 32.9 Å². The summed E-state index contributed by atoms with van der Waals surface area (Å²) in [4.78, 5) is 27.4. The molecule has 1 amide bonds. The van der Waals surface area contributed by atoms with Gasteiger partial charge in [-0.25, -0.2) is 9.37 Å². The van der Waals surface area contributed by atoms with Crippen LogP contribution in [0, 0.1) is 5.82 Å². The van der Waals surface area contributed by atoms with Crippen molar-refractivity contribution in [2.24, 2.45) is 0 Å². The number of nitrogens with zero attached hydrogens (tertiary/aromatic N) is 4. The molecule has 4 aliphatic rings. The van der Waals surface area contributed by atoms with Gasteiger partial charge in [0, 0.05) is 72.9 Å². The molecule has 2 bridgehead atoms. The largest absolute Gasteiger partial charge is 0.389 e. The summed E-state index contributed by atoms with van der Waals surface area (Å²) in [5.74, 6) is -0.122. The first-order valence-corrected chi connectivity index (χ1v) is 12.9. The van der Waals surface area contributed by atoms with Gasteiger partial charge in [-0.3, -0.25) is 9.69 Å². The Kier molecular flexibility index (Phi) is 4.98. The number of amides is 1. The first-order valence-electron chi connectivity index (χ1n) is 12.9. The lowest BCUT2D eigenvalue weighted by atomic mass is 9.83. The molecule has 2 N–H and O–H groups in total. The van der Waals surface area contributed by atoms with Gasteiger partial charge < -0.3 is 19.9 Å². The Morgan fingerprint density at radius 3 is 2.89 bits per heavy atom. The number of hydrogen-bond acceptors (Lipinski definition) is 5. The summed E-state index contributed by atoms with van der Waals surface area (Å²) >= 11 is 0. The molecule has 186 valence electrons. The Morgan fingerprint density at radius 2 is 2.08 bits per heavy atom. The van der Waals surface area contributed by atoms with Crippen LogP contribution in [0.5, 0.6) is 0 Å². The number of aromatic amines is 1. The summed E-state index contributed by atoms with van der Waals surface area (Å²) in [5.41, 5.74) is 7.37. The van der Waals surface area contributed by atoms with Gasteiger partial charge in [-0.15, -0.1) is 0 Å². The Morgan fingerprint density at radius 1 is 1.22 bits per heavy atom. The number of β-amino-alcohol motifs (C(OH)–C–C–N with tert-alkyl or cyclic N) is 1. The van der Waals surface area contributed by atoms with Crippen LogP contribution in [0.3, 0.4) is 0 Å². The van der Waals surface area contributed by atoms with Gasteiger partial charge in [-0.05, 0) is 54.7 Å². The average Bonchev–Trinajstić information content (AvgIpc) is 3.14. The number of carbonyl (C=O) groups is 1. The molecule has 2 atom stereocenters. The fourth-order valence-corrected chi connectivity index (χ4v) is 6.68. The van der Waals surface area contributed by atoms with E-state index in [-0.39, 0.29) is 23.9 Å². The minimum atomic E-state index is -0.372. The summed E-state index contributed by atoms with van der Waals surface area (Å²) in [6.07, 6.45) is 7.95. The van der Waals surface area contributed by atoms with Crippen molar-refractivity contribution >= 4 is 28.2 Å². The number of hydrogen-bond donors (Lipinski definition) is 2. The van der Waals surface area contributed by atoms with Crippen molar-refractivity contribution in [2.45, 2.75) is 50.4 Å². The van der Waals surface area contributed by atoms with Crippen LogP contribution in [0.25, 0.3) is 27.7 Å². The molecule has 4 aliphatic heterocycles. The highest BCUT2D eigenvalue weighted by atomic mass is 19.1. The third-order valence-corrected chi connectivity index (χ3v) is 8.49. The number of benzene rings is 1. The van der Waals surface area contributed by atoms with Crippen LogP contribution in [0.1, 0.15) is 36.9 Å². The lowest BCUT2D eigenvalue weighted by molar-refractivity contribution is -0.144. The van der Waals surface area contributed by atoms with E-state index in [1.807, 2.05) is 12.1 Å². The van der Waals surface area contributed by atoms with Crippen molar-refractivity contribution in [1.29, 1.82) is 0 Å². The van der Waals surface area contributed by atoms with E-state index in [9.17, 15) is 14.3 Å². The minimum Gasteiger partial charge on any atom is -0.389 e. The number of aliphatic hydroxyl groups excluding tert-OH is 1. The molecule has 6 heterocycles. The maximum Gasteiger partial charge on any atom is 0.236 e. The third kappa shape index (κ3) is 3.38. The highest BCUT2D eigenvalue weighted by molar-refractivity contribution is 6.02. The average molecular weight is 488 g/mol. The Labute approximate surface area is 209 Å². The van der Waals surface area contributed by atoms with Gasteiger partial charge in [0.2, 0.25) is 5.91 Å². The normalized spacial score (nSPS) is 23.8. The summed E-state index contributed by atoms with van der Waals surface area (Å²) in [5, 5.41) is 10.7. The molecule has 1 aromatic carbocycles. The lowest BCUT2D eigenvalue weighted by Crippen LogP contribution is -2.58. The number of pyridine rings is 1. The van der Waals surface area contributed by atoms with E-state index in [4.69, 9.17) is 0 Å². The molecule has 7 rings (SSSR count). The zero-order valence-corrected chi connectivity index (χ0v) is 20.4. The lowest BCUT2D eigenvalue weighted by Gasteiger charge is -2.46. The van der Waals surface area contributed by atoms with Crippen LogP contribution in [0.4, 0.5) is 10.1 Å².